The number of nitrogens with zero attached hydrogens (tertiary/aromatic N) is 2. The topological polar surface area (TPSA) is 74.6 Å². The van der Waals surface area contributed by atoms with E-state index in [1.807, 2.05) is 24.5 Å². The zero-order chi connectivity index (χ0) is 9.68. The van der Waals surface area contributed by atoms with Gasteiger partial charge in [-0.15, -0.1) is 0 Å². The van der Waals surface area contributed by atoms with Crippen LogP contribution in [0.2, 0.25) is 0 Å². The van der Waals surface area contributed by atoms with Crippen LogP contribution in [0.1, 0.15) is 11.4 Å². The quantitative estimate of drug-likeness (QED) is 0.525. The van der Waals surface area contributed by atoms with Crippen LogP contribution < -0.4 is 5.43 Å². The lowest BCUT2D eigenvalue weighted by atomic mass is 10.3. The molecule has 5 heteroatoms. The summed E-state index contributed by atoms with van der Waals surface area (Å²) in [5.41, 5.74) is 3.34. The molecular weight excluding hydrogens is 170 g/mol. The normalized spacial score (nSPS) is 10.2. The standard InChI is InChI=1S/C8H9N3O2/c1-6-3-2-4-7(10-6)5-9-11-8(12)13/h2-5,11H,1H3,(H,12,13)/b9-5-. The third-order valence-electron chi connectivity index (χ3n) is 1.27. The largest absolute Gasteiger partial charge is 0.464 e. The Morgan fingerprint density at radius 1 is 1.69 bits per heavy atom. The van der Waals surface area contributed by atoms with Crippen LogP contribution in [0.25, 0.3) is 0 Å². The number of hydrogen-bond acceptors (Lipinski definition) is 3. The molecule has 0 saturated carbocycles. The number of aromatic nitrogens is 1. The molecule has 0 spiro atoms. The highest BCUT2D eigenvalue weighted by Gasteiger charge is 1.90. The summed E-state index contributed by atoms with van der Waals surface area (Å²) in [5, 5.41) is 11.6. The van der Waals surface area contributed by atoms with Gasteiger partial charge in [0.1, 0.15) is 0 Å². The van der Waals surface area contributed by atoms with Crippen molar-refractivity contribution in [2.24, 2.45) is 5.10 Å². The molecular formula is C8H9N3O2. The van der Waals surface area contributed by atoms with Crippen molar-refractivity contribution in [1.29, 1.82) is 0 Å². The summed E-state index contributed by atoms with van der Waals surface area (Å²) in [6.45, 7) is 1.85. The molecule has 0 bridgehead atoms. The molecule has 68 valence electrons. The Hall–Kier alpha value is -1.91. The Bertz CT molecular complexity index is 336. The van der Waals surface area contributed by atoms with Gasteiger partial charge in [0.05, 0.1) is 11.9 Å². The lowest BCUT2D eigenvalue weighted by molar-refractivity contribution is 0.195. The predicted molar refractivity (Wildman–Crippen MR) is 47.7 cm³/mol. The van der Waals surface area contributed by atoms with Crippen LogP contribution in [-0.2, 0) is 0 Å². The van der Waals surface area contributed by atoms with E-state index in [0.717, 1.165) is 5.69 Å². The van der Waals surface area contributed by atoms with Gasteiger partial charge in [-0.25, -0.2) is 10.2 Å². The highest BCUT2D eigenvalue weighted by molar-refractivity contribution is 5.78. The zero-order valence-electron chi connectivity index (χ0n) is 7.06. The second kappa shape index (κ2) is 4.20. The molecule has 0 radical (unpaired) electrons. The van der Waals surface area contributed by atoms with Gasteiger partial charge >= 0.3 is 6.09 Å². The highest BCUT2D eigenvalue weighted by Crippen LogP contribution is 1.94. The molecule has 0 saturated heterocycles. The van der Waals surface area contributed by atoms with E-state index < -0.39 is 6.09 Å². The van der Waals surface area contributed by atoms with E-state index in [2.05, 4.69) is 10.1 Å². The Kier molecular flexibility index (Phi) is 2.97. The van der Waals surface area contributed by atoms with Gasteiger partial charge in [0.2, 0.25) is 0 Å². The van der Waals surface area contributed by atoms with Crippen LogP contribution in [0.4, 0.5) is 4.79 Å². The summed E-state index contributed by atoms with van der Waals surface area (Å²) in [6, 6.07) is 5.41. The zero-order valence-corrected chi connectivity index (χ0v) is 7.06. The average Bonchev–Trinajstić information content (AvgIpc) is 2.03. The van der Waals surface area contributed by atoms with Crippen molar-refractivity contribution in [2.75, 3.05) is 0 Å². The molecule has 0 atom stereocenters. The van der Waals surface area contributed by atoms with Gasteiger partial charge in [-0.05, 0) is 19.1 Å². The molecule has 0 aromatic carbocycles. The van der Waals surface area contributed by atoms with Crippen molar-refractivity contribution >= 4 is 12.3 Å². The number of carboxylic acid groups (broad SMARTS) is 1. The average molecular weight is 179 g/mol. The smallest absolute Gasteiger partial charge is 0.425 e. The third kappa shape index (κ3) is 3.33. The molecule has 0 unspecified atom stereocenters. The first kappa shape index (κ1) is 9.18. The predicted octanol–water partition coefficient (Wildman–Crippen LogP) is 0.992. The highest BCUT2D eigenvalue weighted by atomic mass is 16.4. The van der Waals surface area contributed by atoms with Gasteiger partial charge in [0.15, 0.2) is 0 Å². The minimum absolute atomic E-state index is 0.619. The first-order valence-corrected chi connectivity index (χ1v) is 3.64. The van der Waals surface area contributed by atoms with Crippen LogP contribution in [0, 0.1) is 6.92 Å². The number of amides is 1. The number of pyridine rings is 1. The minimum atomic E-state index is -1.19. The van der Waals surface area contributed by atoms with Crippen molar-refractivity contribution in [3.05, 3.63) is 29.6 Å². The van der Waals surface area contributed by atoms with Crippen molar-refractivity contribution in [3.8, 4) is 0 Å². The Morgan fingerprint density at radius 3 is 3.08 bits per heavy atom. The molecule has 5 nitrogen and oxygen atoms in total. The second-order valence-electron chi connectivity index (χ2n) is 2.38. The lowest BCUT2D eigenvalue weighted by Crippen LogP contribution is -2.13. The van der Waals surface area contributed by atoms with E-state index >= 15 is 0 Å². The molecule has 2 N–H and O–H groups in total. The van der Waals surface area contributed by atoms with Crippen LogP contribution in [0.5, 0.6) is 0 Å². The Morgan fingerprint density at radius 2 is 2.46 bits per heavy atom. The van der Waals surface area contributed by atoms with Gasteiger partial charge < -0.3 is 5.11 Å². The first-order valence-electron chi connectivity index (χ1n) is 3.64. The number of nitrogens with one attached hydrogen (secondary N) is 1. The molecule has 1 heterocycles. The maximum atomic E-state index is 10.0. The minimum Gasteiger partial charge on any atom is -0.464 e. The Balaban J connectivity index is 2.63. The van der Waals surface area contributed by atoms with Crippen molar-refractivity contribution in [2.45, 2.75) is 6.92 Å². The van der Waals surface area contributed by atoms with Crippen LogP contribution in [-0.4, -0.2) is 22.4 Å². The summed E-state index contributed by atoms with van der Waals surface area (Å²) in [5.74, 6) is 0. The fourth-order valence-corrected chi connectivity index (χ4v) is 0.790. The first-order chi connectivity index (χ1) is 6.18. The molecule has 0 aliphatic rings. The van der Waals surface area contributed by atoms with Crippen molar-refractivity contribution < 1.29 is 9.90 Å². The summed E-state index contributed by atoms with van der Waals surface area (Å²) >= 11 is 0. The number of hydrazone groups is 1. The van der Waals surface area contributed by atoms with E-state index in [9.17, 15) is 4.79 Å². The van der Waals surface area contributed by atoms with Gasteiger partial charge in [0, 0.05) is 5.69 Å². The third-order valence-corrected chi connectivity index (χ3v) is 1.27. The number of aryl methyl sites for hydroxylation is 1. The molecule has 1 aromatic rings. The second-order valence-corrected chi connectivity index (χ2v) is 2.38. The Labute approximate surface area is 75.1 Å². The van der Waals surface area contributed by atoms with Gasteiger partial charge in [-0.1, -0.05) is 6.07 Å². The van der Waals surface area contributed by atoms with Crippen molar-refractivity contribution in [1.82, 2.24) is 10.4 Å². The van der Waals surface area contributed by atoms with Gasteiger partial charge in [0.25, 0.3) is 0 Å². The number of rotatable bonds is 2. The molecule has 13 heavy (non-hydrogen) atoms. The van der Waals surface area contributed by atoms with E-state index in [4.69, 9.17) is 5.11 Å². The number of hydrogen-bond donors (Lipinski definition) is 2. The summed E-state index contributed by atoms with van der Waals surface area (Å²) in [7, 11) is 0. The summed E-state index contributed by atoms with van der Waals surface area (Å²) in [4.78, 5) is 14.1. The summed E-state index contributed by atoms with van der Waals surface area (Å²) in [6.07, 6.45) is 0.158. The monoisotopic (exact) mass is 179 g/mol. The fraction of sp³-hybridized carbons (Fsp3) is 0.125. The van der Waals surface area contributed by atoms with Gasteiger partial charge in [-0.2, -0.15) is 5.10 Å². The van der Waals surface area contributed by atoms with E-state index in [1.165, 1.54) is 6.21 Å². The molecule has 1 amide bonds. The fourth-order valence-electron chi connectivity index (χ4n) is 0.790. The molecule has 0 aliphatic carbocycles. The maximum absolute atomic E-state index is 10.0. The van der Waals surface area contributed by atoms with E-state index in [-0.39, 0.29) is 0 Å². The summed E-state index contributed by atoms with van der Waals surface area (Å²) < 4.78 is 0. The van der Waals surface area contributed by atoms with E-state index in [1.54, 1.807) is 6.07 Å². The van der Waals surface area contributed by atoms with Crippen LogP contribution in [0.15, 0.2) is 23.3 Å². The number of carbonyl (C=O) groups is 1. The molecule has 0 aliphatic heterocycles. The van der Waals surface area contributed by atoms with Crippen LogP contribution in [0.3, 0.4) is 0 Å². The molecule has 1 aromatic heterocycles. The van der Waals surface area contributed by atoms with Crippen molar-refractivity contribution in [3.63, 3.8) is 0 Å². The van der Waals surface area contributed by atoms with Gasteiger partial charge in [-0.3, -0.25) is 4.98 Å². The SMILES string of the molecule is Cc1cccc(/C=N\NC(=O)O)n1. The molecule has 1 rings (SSSR count). The lowest BCUT2D eigenvalue weighted by Gasteiger charge is -1.93. The maximum Gasteiger partial charge on any atom is 0.425 e. The van der Waals surface area contributed by atoms with Crippen LogP contribution >= 0.6 is 0 Å². The van der Waals surface area contributed by atoms with E-state index in [0.29, 0.717) is 5.69 Å². The molecule has 0 fully saturated rings.